The van der Waals surface area contributed by atoms with Gasteiger partial charge >= 0.3 is 0 Å². The standard InChI is InChI=1S/C24H23ClN4O5S/c1-27-10-8-15-6-7-17(13-20(15)23(27)30)28-11-9-19-21(14-34-35(2,32)33)26-29(22(19)24(28)31)18-5-3-4-16(25)12-18/h3-7,12-13H,8-11,14H2,1-2H3. The van der Waals surface area contributed by atoms with E-state index < -0.39 is 10.1 Å². The Morgan fingerprint density at radius 2 is 1.83 bits per heavy atom. The summed E-state index contributed by atoms with van der Waals surface area (Å²) in [6.07, 6.45) is 2.17. The van der Waals surface area contributed by atoms with Crippen LogP contribution in [0.4, 0.5) is 5.69 Å². The van der Waals surface area contributed by atoms with Crippen LogP contribution in [-0.4, -0.2) is 61.3 Å². The molecular weight excluding hydrogens is 492 g/mol. The maximum absolute atomic E-state index is 13.8. The molecule has 2 aliphatic heterocycles. The number of amides is 2. The van der Waals surface area contributed by atoms with Crippen molar-refractivity contribution in [2.24, 2.45) is 0 Å². The molecule has 35 heavy (non-hydrogen) atoms. The zero-order valence-electron chi connectivity index (χ0n) is 19.2. The molecule has 2 amide bonds. The number of benzene rings is 2. The van der Waals surface area contributed by atoms with Gasteiger partial charge in [-0.05, 0) is 48.7 Å². The van der Waals surface area contributed by atoms with Crippen molar-refractivity contribution in [2.75, 3.05) is 31.3 Å². The van der Waals surface area contributed by atoms with Crippen molar-refractivity contribution >= 4 is 39.2 Å². The Kier molecular flexibility index (Phi) is 5.90. The predicted octanol–water partition coefficient (Wildman–Crippen LogP) is 2.83. The molecular formula is C24H23ClN4O5S. The molecule has 2 aromatic carbocycles. The first kappa shape index (κ1) is 23.5. The molecule has 0 fully saturated rings. The summed E-state index contributed by atoms with van der Waals surface area (Å²) in [4.78, 5) is 29.8. The SMILES string of the molecule is CN1CCc2ccc(N3CCc4c(COS(C)(=O)=O)nn(-c5cccc(Cl)c5)c4C3=O)cc2C1=O. The quantitative estimate of drug-likeness (QED) is 0.485. The molecule has 5 rings (SSSR count). The summed E-state index contributed by atoms with van der Waals surface area (Å²) in [5.74, 6) is -0.372. The maximum Gasteiger partial charge on any atom is 0.277 e. The van der Waals surface area contributed by atoms with Crippen molar-refractivity contribution in [3.8, 4) is 5.69 Å². The van der Waals surface area contributed by atoms with E-state index in [4.69, 9.17) is 15.8 Å². The summed E-state index contributed by atoms with van der Waals surface area (Å²) < 4.78 is 29.6. The van der Waals surface area contributed by atoms with Gasteiger partial charge in [0, 0.05) is 42.0 Å². The third-order valence-corrected chi connectivity index (χ3v) is 7.04. The highest BCUT2D eigenvalue weighted by molar-refractivity contribution is 7.85. The molecule has 1 aromatic heterocycles. The van der Waals surface area contributed by atoms with Crippen molar-refractivity contribution in [3.63, 3.8) is 0 Å². The van der Waals surface area contributed by atoms with Crippen molar-refractivity contribution in [1.29, 1.82) is 0 Å². The van der Waals surface area contributed by atoms with Gasteiger partial charge in [-0.2, -0.15) is 13.5 Å². The second-order valence-electron chi connectivity index (χ2n) is 8.66. The van der Waals surface area contributed by atoms with Crippen molar-refractivity contribution < 1.29 is 22.2 Å². The Hall–Kier alpha value is -3.21. The molecule has 0 radical (unpaired) electrons. The number of anilines is 1. The maximum atomic E-state index is 13.8. The van der Waals surface area contributed by atoms with Crippen molar-refractivity contribution in [3.05, 3.63) is 75.6 Å². The van der Waals surface area contributed by atoms with E-state index in [1.54, 1.807) is 47.2 Å². The minimum atomic E-state index is -3.70. The molecule has 182 valence electrons. The minimum Gasteiger partial charge on any atom is -0.341 e. The van der Waals surface area contributed by atoms with E-state index in [9.17, 15) is 18.0 Å². The van der Waals surface area contributed by atoms with Gasteiger partial charge < -0.3 is 9.80 Å². The lowest BCUT2D eigenvalue weighted by Gasteiger charge is -2.30. The molecule has 0 bridgehead atoms. The van der Waals surface area contributed by atoms with Gasteiger partial charge in [0.1, 0.15) is 12.3 Å². The number of aromatic nitrogens is 2. The molecule has 0 saturated heterocycles. The number of likely N-dealkylation sites (N-methyl/N-ethyl adjacent to an activating group) is 1. The first-order valence-corrected chi connectivity index (χ1v) is 13.2. The fraction of sp³-hybridized carbons (Fsp3) is 0.292. The van der Waals surface area contributed by atoms with Gasteiger partial charge in [0.15, 0.2) is 0 Å². The van der Waals surface area contributed by atoms with Gasteiger partial charge in [-0.3, -0.25) is 13.8 Å². The van der Waals surface area contributed by atoms with E-state index in [2.05, 4.69) is 5.10 Å². The lowest BCUT2D eigenvalue weighted by molar-refractivity contribution is 0.0780. The largest absolute Gasteiger partial charge is 0.341 e. The van der Waals surface area contributed by atoms with Crippen molar-refractivity contribution in [1.82, 2.24) is 14.7 Å². The number of hydrogen-bond donors (Lipinski definition) is 0. The molecule has 0 atom stereocenters. The lowest BCUT2D eigenvalue weighted by Crippen LogP contribution is -2.39. The van der Waals surface area contributed by atoms with E-state index in [1.807, 2.05) is 12.1 Å². The Bertz CT molecular complexity index is 1470. The molecule has 3 aromatic rings. The van der Waals surface area contributed by atoms with Crippen LogP contribution in [-0.2, 0) is 33.7 Å². The normalized spacial score (nSPS) is 15.9. The van der Waals surface area contributed by atoms with E-state index in [1.165, 1.54) is 4.68 Å². The van der Waals surface area contributed by atoms with Crippen LogP contribution in [0.5, 0.6) is 0 Å². The smallest absolute Gasteiger partial charge is 0.277 e. The van der Waals surface area contributed by atoms with Crippen LogP contribution in [0.1, 0.15) is 37.7 Å². The minimum absolute atomic E-state index is 0.0672. The molecule has 11 heteroatoms. The fourth-order valence-corrected chi connectivity index (χ4v) is 5.01. The number of nitrogens with zero attached hydrogens (tertiary/aromatic N) is 4. The summed E-state index contributed by atoms with van der Waals surface area (Å²) in [6.45, 7) is 0.734. The molecule has 0 saturated carbocycles. The van der Waals surface area contributed by atoms with Gasteiger partial charge in [0.05, 0.1) is 17.6 Å². The molecule has 0 aliphatic carbocycles. The predicted molar refractivity (Wildman–Crippen MR) is 131 cm³/mol. The number of fused-ring (bicyclic) bond motifs is 2. The Labute approximate surface area is 208 Å². The molecule has 0 spiro atoms. The van der Waals surface area contributed by atoms with Gasteiger partial charge in [-0.15, -0.1) is 0 Å². The molecule has 0 N–H and O–H groups in total. The number of rotatable bonds is 5. The number of carbonyl (C=O) groups is 2. The molecule has 2 aliphatic rings. The zero-order chi connectivity index (χ0) is 24.9. The molecule has 3 heterocycles. The third-order valence-electron chi connectivity index (χ3n) is 6.26. The van der Waals surface area contributed by atoms with Gasteiger partial charge in [0.2, 0.25) is 0 Å². The van der Waals surface area contributed by atoms with Gasteiger partial charge in [-0.1, -0.05) is 23.7 Å². The highest BCUT2D eigenvalue weighted by Gasteiger charge is 2.34. The van der Waals surface area contributed by atoms with E-state index in [0.29, 0.717) is 58.4 Å². The van der Waals surface area contributed by atoms with Crippen LogP contribution < -0.4 is 4.90 Å². The summed E-state index contributed by atoms with van der Waals surface area (Å²) in [7, 11) is -1.93. The summed E-state index contributed by atoms with van der Waals surface area (Å²) in [6, 6.07) is 12.4. The van der Waals surface area contributed by atoms with E-state index >= 15 is 0 Å². The molecule has 0 unspecified atom stereocenters. The van der Waals surface area contributed by atoms with Crippen LogP contribution in [0.15, 0.2) is 42.5 Å². The van der Waals surface area contributed by atoms with E-state index in [0.717, 1.165) is 18.2 Å². The first-order valence-electron chi connectivity index (χ1n) is 11.0. The Morgan fingerprint density at radius 3 is 2.57 bits per heavy atom. The lowest BCUT2D eigenvalue weighted by atomic mass is 9.97. The summed E-state index contributed by atoms with van der Waals surface area (Å²) in [5, 5.41) is 5.01. The number of halogens is 1. The monoisotopic (exact) mass is 514 g/mol. The summed E-state index contributed by atoms with van der Waals surface area (Å²) >= 11 is 6.18. The van der Waals surface area contributed by atoms with Crippen LogP contribution in [0, 0.1) is 0 Å². The Morgan fingerprint density at radius 1 is 1.03 bits per heavy atom. The Balaban J connectivity index is 1.58. The van der Waals surface area contributed by atoms with Gasteiger partial charge in [-0.25, -0.2) is 4.68 Å². The van der Waals surface area contributed by atoms with Crippen LogP contribution in [0.3, 0.4) is 0 Å². The molecule has 9 nitrogen and oxygen atoms in total. The van der Waals surface area contributed by atoms with Gasteiger partial charge in [0.25, 0.3) is 21.9 Å². The van der Waals surface area contributed by atoms with Crippen LogP contribution in [0.25, 0.3) is 5.69 Å². The fourth-order valence-electron chi connectivity index (χ4n) is 4.50. The average Bonchev–Trinajstić information content (AvgIpc) is 3.19. The second-order valence-corrected chi connectivity index (χ2v) is 10.7. The summed E-state index contributed by atoms with van der Waals surface area (Å²) in [5.41, 5.74) is 4.07. The zero-order valence-corrected chi connectivity index (χ0v) is 20.8. The first-order chi connectivity index (χ1) is 16.6. The van der Waals surface area contributed by atoms with Crippen LogP contribution >= 0.6 is 11.6 Å². The van der Waals surface area contributed by atoms with Crippen molar-refractivity contribution in [2.45, 2.75) is 19.4 Å². The van der Waals surface area contributed by atoms with E-state index in [-0.39, 0.29) is 18.4 Å². The third kappa shape index (κ3) is 4.44. The second kappa shape index (κ2) is 8.78. The highest BCUT2D eigenvalue weighted by Crippen LogP contribution is 2.32. The van der Waals surface area contributed by atoms with Crippen LogP contribution in [0.2, 0.25) is 5.02 Å². The number of carbonyl (C=O) groups excluding carboxylic acids is 2. The number of hydrogen-bond acceptors (Lipinski definition) is 6. The topological polar surface area (TPSA) is 102 Å². The average molecular weight is 515 g/mol. The highest BCUT2D eigenvalue weighted by atomic mass is 35.5.